The van der Waals surface area contributed by atoms with E-state index in [9.17, 15) is 0 Å². The molecule has 0 aromatic carbocycles. The first-order valence-electron chi connectivity index (χ1n) is 9.08. The lowest BCUT2D eigenvalue weighted by atomic mass is 10.00. The predicted octanol–water partition coefficient (Wildman–Crippen LogP) is 4.59. The van der Waals surface area contributed by atoms with Crippen LogP contribution in [-0.2, 0) is 18.6 Å². The van der Waals surface area contributed by atoms with Gasteiger partial charge in [0.1, 0.15) is 6.79 Å². The Bertz CT molecular complexity index is 324. The molecule has 4 nitrogen and oxygen atoms in total. The third-order valence-electron chi connectivity index (χ3n) is 5.47. The van der Waals surface area contributed by atoms with E-state index in [0.29, 0.717) is 42.0 Å². The molecular formula is C18H38O4Si. The van der Waals surface area contributed by atoms with Gasteiger partial charge in [-0.15, -0.1) is 0 Å². The zero-order valence-corrected chi connectivity index (χ0v) is 17.6. The summed E-state index contributed by atoms with van der Waals surface area (Å²) >= 11 is 0. The van der Waals surface area contributed by atoms with E-state index in [1.165, 1.54) is 0 Å². The van der Waals surface area contributed by atoms with Crippen LogP contribution in [0.15, 0.2) is 0 Å². The van der Waals surface area contributed by atoms with Crippen molar-refractivity contribution >= 4 is 8.32 Å². The van der Waals surface area contributed by atoms with Crippen LogP contribution in [0, 0.1) is 5.92 Å². The average Bonchev–Trinajstić information content (AvgIpc) is 3.17. The van der Waals surface area contributed by atoms with Gasteiger partial charge in [0.2, 0.25) is 0 Å². The van der Waals surface area contributed by atoms with E-state index >= 15 is 0 Å². The molecule has 0 N–H and O–H groups in total. The van der Waals surface area contributed by atoms with Crippen molar-refractivity contribution in [1.82, 2.24) is 0 Å². The SMILES string of the molecule is COCO[C@@H](CO[Si](C(C)C)(C(C)C)C(C)C)[C@@H](C)[C@H]1O[C@H]1C. The normalized spacial score (nSPS) is 24.5. The van der Waals surface area contributed by atoms with Gasteiger partial charge in [0.25, 0.3) is 0 Å². The number of ether oxygens (including phenoxy) is 3. The Morgan fingerprint density at radius 3 is 1.78 bits per heavy atom. The van der Waals surface area contributed by atoms with Crippen molar-refractivity contribution in [2.45, 2.75) is 90.3 Å². The van der Waals surface area contributed by atoms with Crippen LogP contribution in [-0.4, -0.2) is 47.1 Å². The van der Waals surface area contributed by atoms with E-state index in [2.05, 4.69) is 55.4 Å². The third kappa shape index (κ3) is 5.02. The Hall–Kier alpha value is 0.0569. The molecule has 0 aromatic heterocycles. The molecule has 1 heterocycles. The summed E-state index contributed by atoms with van der Waals surface area (Å²) < 4.78 is 23.4. The van der Waals surface area contributed by atoms with E-state index in [1.54, 1.807) is 7.11 Å². The van der Waals surface area contributed by atoms with E-state index in [0.717, 1.165) is 0 Å². The van der Waals surface area contributed by atoms with Crippen LogP contribution >= 0.6 is 0 Å². The molecule has 0 radical (unpaired) electrons. The minimum atomic E-state index is -1.87. The van der Waals surface area contributed by atoms with Gasteiger partial charge in [0.15, 0.2) is 8.32 Å². The van der Waals surface area contributed by atoms with E-state index in [1.807, 2.05) is 0 Å². The summed E-state index contributed by atoms with van der Waals surface area (Å²) in [5.74, 6) is 0.318. The van der Waals surface area contributed by atoms with Crippen LogP contribution in [0.25, 0.3) is 0 Å². The maximum absolute atomic E-state index is 6.71. The molecule has 0 unspecified atom stereocenters. The first-order valence-corrected chi connectivity index (χ1v) is 11.2. The van der Waals surface area contributed by atoms with Crippen molar-refractivity contribution in [3.05, 3.63) is 0 Å². The lowest BCUT2D eigenvalue weighted by molar-refractivity contribution is -0.106. The number of hydrogen-bond acceptors (Lipinski definition) is 4. The van der Waals surface area contributed by atoms with Crippen molar-refractivity contribution in [2.75, 3.05) is 20.5 Å². The van der Waals surface area contributed by atoms with Crippen molar-refractivity contribution in [1.29, 1.82) is 0 Å². The van der Waals surface area contributed by atoms with E-state index in [-0.39, 0.29) is 12.2 Å². The predicted molar refractivity (Wildman–Crippen MR) is 97.2 cm³/mol. The van der Waals surface area contributed by atoms with Crippen LogP contribution in [0.1, 0.15) is 55.4 Å². The fourth-order valence-corrected chi connectivity index (χ4v) is 9.65. The van der Waals surface area contributed by atoms with Crippen molar-refractivity contribution in [3.63, 3.8) is 0 Å². The lowest BCUT2D eigenvalue weighted by Gasteiger charge is -2.43. The fourth-order valence-electron chi connectivity index (χ4n) is 4.20. The summed E-state index contributed by atoms with van der Waals surface area (Å²) in [4.78, 5) is 0. The summed E-state index contributed by atoms with van der Waals surface area (Å²) in [6.45, 7) is 19.1. The molecule has 1 fully saturated rings. The molecule has 0 bridgehead atoms. The highest BCUT2D eigenvalue weighted by Crippen LogP contribution is 2.43. The molecule has 0 amide bonds. The smallest absolute Gasteiger partial charge is 0.200 e. The highest BCUT2D eigenvalue weighted by molar-refractivity contribution is 6.77. The Labute approximate surface area is 144 Å². The number of hydrogen-bond donors (Lipinski definition) is 0. The van der Waals surface area contributed by atoms with Crippen molar-refractivity contribution in [2.24, 2.45) is 5.92 Å². The monoisotopic (exact) mass is 346 g/mol. The first kappa shape index (κ1) is 21.1. The molecule has 5 heteroatoms. The van der Waals surface area contributed by atoms with Gasteiger partial charge in [-0.3, -0.25) is 0 Å². The molecule has 1 rings (SSSR count). The summed E-state index contributed by atoms with van der Waals surface area (Å²) in [6, 6.07) is 0. The lowest BCUT2D eigenvalue weighted by Crippen LogP contribution is -2.50. The molecule has 1 saturated heterocycles. The molecule has 23 heavy (non-hydrogen) atoms. The van der Waals surface area contributed by atoms with Crippen LogP contribution in [0.5, 0.6) is 0 Å². The molecule has 0 aromatic rings. The molecule has 0 aliphatic carbocycles. The Morgan fingerprint density at radius 1 is 0.957 bits per heavy atom. The maximum Gasteiger partial charge on any atom is 0.200 e. The third-order valence-corrected chi connectivity index (χ3v) is 11.5. The topological polar surface area (TPSA) is 40.2 Å². The average molecular weight is 347 g/mol. The largest absolute Gasteiger partial charge is 0.413 e. The van der Waals surface area contributed by atoms with Crippen LogP contribution in [0.4, 0.5) is 0 Å². The molecule has 1 aliphatic heterocycles. The quantitative estimate of drug-likeness (QED) is 0.312. The fraction of sp³-hybridized carbons (Fsp3) is 1.00. The van der Waals surface area contributed by atoms with Crippen molar-refractivity contribution < 1.29 is 18.6 Å². The molecule has 138 valence electrons. The van der Waals surface area contributed by atoms with Gasteiger partial charge < -0.3 is 18.6 Å². The van der Waals surface area contributed by atoms with Crippen LogP contribution in [0.2, 0.25) is 16.6 Å². The first-order chi connectivity index (χ1) is 10.7. The second-order valence-electron chi connectivity index (χ2n) is 7.91. The van der Waals surface area contributed by atoms with Gasteiger partial charge in [-0.05, 0) is 23.5 Å². The minimum Gasteiger partial charge on any atom is -0.413 e. The highest BCUT2D eigenvalue weighted by Gasteiger charge is 2.47. The Balaban J connectivity index is 2.80. The van der Waals surface area contributed by atoms with Crippen LogP contribution in [0.3, 0.4) is 0 Å². The maximum atomic E-state index is 6.71. The Kier molecular flexibility index (Phi) is 8.21. The summed E-state index contributed by atoms with van der Waals surface area (Å²) in [5.41, 5.74) is 1.74. The number of epoxide rings is 1. The number of rotatable bonds is 11. The van der Waals surface area contributed by atoms with Crippen LogP contribution < -0.4 is 0 Å². The molecule has 0 saturated carbocycles. The van der Waals surface area contributed by atoms with Gasteiger partial charge in [-0.1, -0.05) is 48.5 Å². The van der Waals surface area contributed by atoms with Gasteiger partial charge in [-0.25, -0.2) is 0 Å². The second kappa shape index (κ2) is 8.95. The van der Waals surface area contributed by atoms with Gasteiger partial charge in [0.05, 0.1) is 24.9 Å². The van der Waals surface area contributed by atoms with Gasteiger partial charge in [0, 0.05) is 13.0 Å². The summed E-state index contributed by atoms with van der Waals surface area (Å²) in [7, 11) is -0.207. The van der Waals surface area contributed by atoms with E-state index < -0.39 is 8.32 Å². The molecule has 0 spiro atoms. The Morgan fingerprint density at radius 2 is 1.43 bits per heavy atom. The van der Waals surface area contributed by atoms with Gasteiger partial charge >= 0.3 is 0 Å². The number of methoxy groups -OCH3 is 1. The minimum absolute atomic E-state index is 0.0213. The van der Waals surface area contributed by atoms with E-state index in [4.69, 9.17) is 18.6 Å². The molecule has 4 atom stereocenters. The highest BCUT2D eigenvalue weighted by atomic mass is 28.4. The second-order valence-corrected chi connectivity index (χ2v) is 13.4. The van der Waals surface area contributed by atoms with Gasteiger partial charge in [-0.2, -0.15) is 0 Å². The standard InChI is InChI=1S/C18H38O4Si/c1-12(2)23(13(3)4,14(5)6)21-10-17(20-11-19-9)15(7)18-16(8)22-18/h12-18H,10-11H2,1-9H3/t15-,16+,17+,18-/m1/s1. The zero-order valence-electron chi connectivity index (χ0n) is 16.6. The zero-order chi connectivity index (χ0) is 17.8. The summed E-state index contributed by atoms with van der Waals surface area (Å²) in [5, 5.41) is 0. The molecular weight excluding hydrogens is 308 g/mol. The molecule has 1 aliphatic rings. The van der Waals surface area contributed by atoms with Crippen molar-refractivity contribution in [3.8, 4) is 0 Å². The summed E-state index contributed by atoms with van der Waals surface area (Å²) in [6.07, 6.45) is 0.641.